The number of aromatic nitrogens is 3. The highest BCUT2D eigenvalue weighted by Crippen LogP contribution is 2.19. The molecule has 0 saturated carbocycles. The van der Waals surface area contributed by atoms with Crippen molar-refractivity contribution in [3.8, 4) is 0 Å². The standard InChI is InChI=1S/C10H9FN4O4S/c1-15-8(6(5-13-15)10(16)17)14-20(18,19)9-7(11)3-2-4-12-9/h2-5,14H,1H3,(H,16,17). The van der Waals surface area contributed by atoms with Crippen molar-refractivity contribution in [1.29, 1.82) is 0 Å². The first-order valence-electron chi connectivity index (χ1n) is 5.21. The highest BCUT2D eigenvalue weighted by atomic mass is 32.2. The van der Waals surface area contributed by atoms with Gasteiger partial charge in [-0.25, -0.2) is 14.2 Å². The second-order valence-electron chi connectivity index (χ2n) is 3.73. The quantitative estimate of drug-likeness (QED) is 0.847. The van der Waals surface area contributed by atoms with Gasteiger partial charge in [-0.3, -0.25) is 9.40 Å². The number of nitrogens with one attached hydrogen (secondary N) is 1. The Morgan fingerprint density at radius 2 is 2.20 bits per heavy atom. The van der Waals surface area contributed by atoms with Crippen molar-refractivity contribution in [2.45, 2.75) is 5.03 Å². The number of sulfonamides is 1. The molecule has 0 aromatic carbocycles. The summed E-state index contributed by atoms with van der Waals surface area (Å²) in [4.78, 5) is 14.4. The Morgan fingerprint density at radius 3 is 2.80 bits per heavy atom. The largest absolute Gasteiger partial charge is 0.477 e. The molecule has 0 atom stereocenters. The SMILES string of the molecule is Cn1ncc(C(=O)O)c1NS(=O)(=O)c1ncccc1F. The van der Waals surface area contributed by atoms with Crippen LogP contribution in [0.25, 0.3) is 0 Å². The second kappa shape index (κ2) is 4.89. The van der Waals surface area contributed by atoms with Crippen molar-refractivity contribution < 1.29 is 22.7 Å². The molecule has 0 bridgehead atoms. The Kier molecular flexibility index (Phi) is 3.40. The van der Waals surface area contributed by atoms with Crippen LogP contribution >= 0.6 is 0 Å². The fraction of sp³-hybridized carbons (Fsp3) is 0.100. The van der Waals surface area contributed by atoms with E-state index in [9.17, 15) is 17.6 Å². The monoisotopic (exact) mass is 300 g/mol. The summed E-state index contributed by atoms with van der Waals surface area (Å²) in [7, 11) is -3.01. The van der Waals surface area contributed by atoms with Crippen LogP contribution in [0.4, 0.5) is 10.2 Å². The molecule has 0 aliphatic carbocycles. The van der Waals surface area contributed by atoms with Gasteiger partial charge in [0.05, 0.1) is 6.20 Å². The molecule has 2 heterocycles. The number of carboxylic acids is 1. The predicted molar refractivity (Wildman–Crippen MR) is 65.2 cm³/mol. The predicted octanol–water partition coefficient (Wildman–Crippen LogP) is 0.453. The van der Waals surface area contributed by atoms with Gasteiger partial charge < -0.3 is 5.11 Å². The van der Waals surface area contributed by atoms with Crippen LogP contribution in [0.2, 0.25) is 0 Å². The second-order valence-corrected chi connectivity index (χ2v) is 5.33. The highest BCUT2D eigenvalue weighted by Gasteiger charge is 2.25. The molecular weight excluding hydrogens is 291 g/mol. The molecule has 0 spiro atoms. The van der Waals surface area contributed by atoms with Crippen LogP contribution in [0.15, 0.2) is 29.6 Å². The summed E-state index contributed by atoms with van der Waals surface area (Å²) in [6, 6.07) is 2.17. The maximum atomic E-state index is 13.5. The molecule has 8 nitrogen and oxygen atoms in total. The Hall–Kier alpha value is -2.49. The van der Waals surface area contributed by atoms with Crippen LogP contribution in [-0.4, -0.2) is 34.3 Å². The minimum absolute atomic E-state index is 0.289. The molecule has 0 aliphatic heterocycles. The Bertz CT molecular complexity index is 771. The van der Waals surface area contributed by atoms with Gasteiger partial charge in [-0.1, -0.05) is 0 Å². The zero-order chi connectivity index (χ0) is 14.9. The molecule has 0 amide bonds. The fourth-order valence-corrected chi connectivity index (χ4v) is 2.58. The van der Waals surface area contributed by atoms with E-state index in [1.54, 1.807) is 0 Å². The van der Waals surface area contributed by atoms with Crippen LogP contribution < -0.4 is 4.72 Å². The summed E-state index contributed by atoms with van der Waals surface area (Å²) in [6.45, 7) is 0. The zero-order valence-corrected chi connectivity index (χ0v) is 10.9. The lowest BCUT2D eigenvalue weighted by Gasteiger charge is -2.08. The number of rotatable bonds is 4. The lowest BCUT2D eigenvalue weighted by Crippen LogP contribution is -2.19. The zero-order valence-electron chi connectivity index (χ0n) is 10.1. The number of anilines is 1. The molecule has 0 aliphatic rings. The smallest absolute Gasteiger partial charge is 0.341 e. The number of aromatic carboxylic acids is 1. The van der Waals surface area contributed by atoms with Gasteiger partial charge in [0.2, 0.25) is 5.03 Å². The lowest BCUT2D eigenvalue weighted by molar-refractivity contribution is 0.0698. The number of aryl methyl sites for hydroxylation is 1. The van der Waals surface area contributed by atoms with Crippen LogP contribution in [0.3, 0.4) is 0 Å². The number of hydrogen-bond donors (Lipinski definition) is 2. The van der Waals surface area contributed by atoms with Crippen LogP contribution in [0.1, 0.15) is 10.4 Å². The number of carbonyl (C=O) groups is 1. The average Bonchev–Trinajstić information content (AvgIpc) is 2.71. The fourth-order valence-electron chi connectivity index (χ4n) is 1.46. The summed E-state index contributed by atoms with van der Waals surface area (Å²) < 4.78 is 40.4. The number of halogens is 1. The van der Waals surface area contributed by atoms with Gasteiger partial charge in [-0.05, 0) is 12.1 Å². The van der Waals surface area contributed by atoms with Crippen LogP contribution in [0, 0.1) is 5.82 Å². The molecule has 0 unspecified atom stereocenters. The van der Waals surface area contributed by atoms with Gasteiger partial charge >= 0.3 is 5.97 Å². The van der Waals surface area contributed by atoms with E-state index in [1.165, 1.54) is 13.1 Å². The third-order valence-electron chi connectivity index (χ3n) is 2.38. The third kappa shape index (κ3) is 2.45. The van der Waals surface area contributed by atoms with Crippen molar-refractivity contribution in [2.75, 3.05) is 4.72 Å². The topological polar surface area (TPSA) is 114 Å². The summed E-state index contributed by atoms with van der Waals surface area (Å²) in [5.41, 5.74) is -0.354. The van der Waals surface area contributed by atoms with Crippen molar-refractivity contribution in [2.24, 2.45) is 7.05 Å². The Labute approximate surface area is 112 Å². The molecule has 2 rings (SSSR count). The molecule has 10 heteroatoms. The molecule has 2 aromatic heterocycles. The van der Waals surface area contributed by atoms with Crippen molar-refractivity contribution in [3.05, 3.63) is 35.9 Å². The van der Waals surface area contributed by atoms with Gasteiger partial charge in [-0.2, -0.15) is 13.5 Å². The van der Waals surface area contributed by atoms with E-state index >= 15 is 0 Å². The maximum Gasteiger partial charge on any atom is 0.341 e. The van der Waals surface area contributed by atoms with Crippen LogP contribution in [0.5, 0.6) is 0 Å². The molecule has 2 N–H and O–H groups in total. The molecular formula is C10H9FN4O4S. The van der Waals surface area contributed by atoms with E-state index in [2.05, 4.69) is 10.1 Å². The minimum atomic E-state index is -4.35. The number of hydrogen-bond acceptors (Lipinski definition) is 5. The molecule has 0 saturated heterocycles. The van der Waals surface area contributed by atoms with Gasteiger partial charge in [0, 0.05) is 13.2 Å². The molecule has 0 radical (unpaired) electrons. The summed E-state index contributed by atoms with van der Waals surface area (Å²) in [5.74, 6) is -2.70. The first-order chi connectivity index (χ1) is 9.33. The van der Waals surface area contributed by atoms with Gasteiger partial charge in [-0.15, -0.1) is 0 Å². The average molecular weight is 300 g/mol. The number of pyridine rings is 1. The van der Waals surface area contributed by atoms with Gasteiger partial charge in [0.25, 0.3) is 10.0 Å². The lowest BCUT2D eigenvalue weighted by atomic mass is 10.3. The van der Waals surface area contributed by atoms with Crippen molar-refractivity contribution in [3.63, 3.8) is 0 Å². The molecule has 20 heavy (non-hydrogen) atoms. The van der Waals surface area contributed by atoms with E-state index in [0.29, 0.717) is 0 Å². The van der Waals surface area contributed by atoms with E-state index in [-0.39, 0.29) is 11.4 Å². The normalized spacial score (nSPS) is 11.3. The van der Waals surface area contributed by atoms with Crippen LogP contribution in [-0.2, 0) is 17.1 Å². The van der Waals surface area contributed by atoms with Gasteiger partial charge in [0.1, 0.15) is 5.56 Å². The molecule has 0 fully saturated rings. The third-order valence-corrected chi connectivity index (χ3v) is 3.65. The van der Waals surface area contributed by atoms with Crippen molar-refractivity contribution in [1.82, 2.24) is 14.8 Å². The Balaban J connectivity index is 2.47. The van der Waals surface area contributed by atoms with E-state index in [1.807, 2.05) is 4.72 Å². The van der Waals surface area contributed by atoms with E-state index in [0.717, 1.165) is 23.1 Å². The molecule has 106 valence electrons. The van der Waals surface area contributed by atoms with E-state index in [4.69, 9.17) is 5.11 Å². The Morgan fingerprint density at radius 1 is 1.50 bits per heavy atom. The first-order valence-corrected chi connectivity index (χ1v) is 6.70. The number of carboxylic acid groups (broad SMARTS) is 1. The summed E-state index contributed by atoms with van der Waals surface area (Å²) in [5, 5.41) is 11.7. The molecule has 2 aromatic rings. The number of nitrogens with zero attached hydrogens (tertiary/aromatic N) is 3. The maximum absolute atomic E-state index is 13.5. The highest BCUT2D eigenvalue weighted by molar-refractivity contribution is 7.92. The van der Waals surface area contributed by atoms with E-state index < -0.39 is 26.8 Å². The summed E-state index contributed by atoms with van der Waals surface area (Å²) >= 11 is 0. The van der Waals surface area contributed by atoms with Gasteiger partial charge in [0.15, 0.2) is 11.6 Å². The minimum Gasteiger partial charge on any atom is -0.477 e. The first kappa shape index (κ1) is 13.9. The summed E-state index contributed by atoms with van der Waals surface area (Å²) in [6.07, 6.45) is 2.09. The van der Waals surface area contributed by atoms with Crippen molar-refractivity contribution >= 4 is 21.8 Å².